The smallest absolute Gasteiger partial charge is 0.141 e. The number of pyridine rings is 1. The summed E-state index contributed by atoms with van der Waals surface area (Å²) in [5, 5.41) is 3.59. The maximum Gasteiger partial charge on any atom is 0.141 e. The zero-order valence-electron chi connectivity index (χ0n) is 12.6. The molecule has 2 unspecified atom stereocenters. The standard InChI is InChI=1S/C16H26N2O2/c1-3-9-17-14(12-13-7-4-5-11-20-13)16-15(19-2)8-6-10-18-16/h6,8,10,13-14,17H,3-5,7,9,11-12H2,1-2H3. The van der Waals surface area contributed by atoms with E-state index in [-0.39, 0.29) is 6.04 Å². The number of hydrogen-bond donors (Lipinski definition) is 1. The number of methoxy groups -OCH3 is 1. The molecule has 1 fully saturated rings. The molecular formula is C16H26N2O2. The molecule has 1 aromatic heterocycles. The molecule has 2 rings (SSSR count). The third-order valence-electron chi connectivity index (χ3n) is 3.76. The third-order valence-corrected chi connectivity index (χ3v) is 3.76. The van der Waals surface area contributed by atoms with Crippen molar-refractivity contribution in [3.05, 3.63) is 24.0 Å². The van der Waals surface area contributed by atoms with Crippen molar-refractivity contribution in [2.24, 2.45) is 0 Å². The molecular weight excluding hydrogens is 252 g/mol. The van der Waals surface area contributed by atoms with E-state index in [0.717, 1.165) is 43.9 Å². The highest BCUT2D eigenvalue weighted by molar-refractivity contribution is 5.29. The molecule has 1 N–H and O–H groups in total. The topological polar surface area (TPSA) is 43.4 Å². The first-order valence-electron chi connectivity index (χ1n) is 7.69. The molecule has 2 heterocycles. The summed E-state index contributed by atoms with van der Waals surface area (Å²) in [4.78, 5) is 4.53. The van der Waals surface area contributed by atoms with E-state index in [4.69, 9.17) is 9.47 Å². The van der Waals surface area contributed by atoms with Gasteiger partial charge in [-0.25, -0.2) is 0 Å². The normalized spacial score (nSPS) is 20.6. The molecule has 0 aliphatic carbocycles. The van der Waals surface area contributed by atoms with E-state index in [1.165, 1.54) is 12.8 Å². The van der Waals surface area contributed by atoms with Crippen molar-refractivity contribution in [2.75, 3.05) is 20.3 Å². The van der Waals surface area contributed by atoms with Gasteiger partial charge >= 0.3 is 0 Å². The summed E-state index contributed by atoms with van der Waals surface area (Å²) in [5.74, 6) is 0.858. The number of nitrogens with one attached hydrogen (secondary N) is 1. The van der Waals surface area contributed by atoms with E-state index >= 15 is 0 Å². The fraction of sp³-hybridized carbons (Fsp3) is 0.688. The summed E-state index contributed by atoms with van der Waals surface area (Å²) in [6.07, 6.45) is 7.86. The van der Waals surface area contributed by atoms with Gasteiger partial charge in [0.25, 0.3) is 0 Å². The lowest BCUT2D eigenvalue weighted by molar-refractivity contribution is 0.00466. The average molecular weight is 278 g/mol. The van der Waals surface area contributed by atoms with Crippen molar-refractivity contribution in [2.45, 2.75) is 51.2 Å². The maximum atomic E-state index is 5.87. The van der Waals surface area contributed by atoms with E-state index in [1.807, 2.05) is 18.3 Å². The second-order valence-electron chi connectivity index (χ2n) is 5.32. The van der Waals surface area contributed by atoms with Crippen molar-refractivity contribution in [3.8, 4) is 5.75 Å². The van der Waals surface area contributed by atoms with Gasteiger partial charge < -0.3 is 14.8 Å². The summed E-state index contributed by atoms with van der Waals surface area (Å²) >= 11 is 0. The first-order chi connectivity index (χ1) is 9.85. The van der Waals surface area contributed by atoms with Gasteiger partial charge in [0.2, 0.25) is 0 Å². The van der Waals surface area contributed by atoms with Gasteiger partial charge in [-0.2, -0.15) is 0 Å². The van der Waals surface area contributed by atoms with E-state index in [0.29, 0.717) is 6.10 Å². The fourth-order valence-electron chi connectivity index (χ4n) is 2.70. The highest BCUT2D eigenvalue weighted by Gasteiger charge is 2.23. The Morgan fingerprint density at radius 3 is 3.10 bits per heavy atom. The molecule has 0 aromatic carbocycles. The fourth-order valence-corrected chi connectivity index (χ4v) is 2.70. The highest BCUT2D eigenvalue weighted by Crippen LogP contribution is 2.29. The molecule has 0 spiro atoms. The van der Waals surface area contributed by atoms with Gasteiger partial charge in [0, 0.05) is 12.8 Å². The zero-order valence-corrected chi connectivity index (χ0v) is 12.6. The Balaban J connectivity index is 2.08. The Hall–Kier alpha value is -1.13. The Bertz CT molecular complexity index is 392. The van der Waals surface area contributed by atoms with Crippen molar-refractivity contribution in [1.29, 1.82) is 0 Å². The van der Waals surface area contributed by atoms with Crippen molar-refractivity contribution < 1.29 is 9.47 Å². The van der Waals surface area contributed by atoms with Crippen molar-refractivity contribution in [1.82, 2.24) is 10.3 Å². The first kappa shape index (κ1) is 15.3. The van der Waals surface area contributed by atoms with Crippen LogP contribution in [-0.4, -0.2) is 31.3 Å². The molecule has 1 aliphatic heterocycles. The van der Waals surface area contributed by atoms with Crippen LogP contribution in [0.3, 0.4) is 0 Å². The third kappa shape index (κ3) is 4.18. The van der Waals surface area contributed by atoms with Crippen LogP contribution in [0.25, 0.3) is 0 Å². The lowest BCUT2D eigenvalue weighted by atomic mass is 9.99. The highest BCUT2D eigenvalue weighted by atomic mass is 16.5. The van der Waals surface area contributed by atoms with E-state index < -0.39 is 0 Å². The predicted molar refractivity (Wildman–Crippen MR) is 80.0 cm³/mol. The largest absolute Gasteiger partial charge is 0.495 e. The lowest BCUT2D eigenvalue weighted by Crippen LogP contribution is -2.30. The number of aromatic nitrogens is 1. The van der Waals surface area contributed by atoms with Crippen LogP contribution < -0.4 is 10.1 Å². The van der Waals surface area contributed by atoms with Crippen molar-refractivity contribution >= 4 is 0 Å². The Labute approximate surface area is 121 Å². The molecule has 4 heteroatoms. The number of hydrogen-bond acceptors (Lipinski definition) is 4. The molecule has 112 valence electrons. The van der Waals surface area contributed by atoms with Gasteiger partial charge in [-0.05, 0) is 50.8 Å². The first-order valence-corrected chi connectivity index (χ1v) is 7.69. The second-order valence-corrected chi connectivity index (χ2v) is 5.32. The quantitative estimate of drug-likeness (QED) is 0.832. The lowest BCUT2D eigenvalue weighted by Gasteiger charge is -2.28. The summed E-state index contributed by atoms with van der Waals surface area (Å²) in [6, 6.07) is 4.09. The second kappa shape index (κ2) is 8.22. The van der Waals surface area contributed by atoms with Gasteiger partial charge in [-0.1, -0.05) is 6.92 Å². The predicted octanol–water partition coefficient (Wildman–Crippen LogP) is 3.09. The van der Waals surface area contributed by atoms with Gasteiger partial charge in [0.05, 0.1) is 24.9 Å². The molecule has 1 aliphatic rings. The van der Waals surface area contributed by atoms with Crippen LogP contribution >= 0.6 is 0 Å². The molecule has 1 saturated heterocycles. The molecule has 4 nitrogen and oxygen atoms in total. The average Bonchev–Trinajstić information content (AvgIpc) is 2.52. The Kier molecular flexibility index (Phi) is 6.27. The van der Waals surface area contributed by atoms with Crippen LogP contribution in [-0.2, 0) is 4.74 Å². The van der Waals surface area contributed by atoms with Gasteiger partial charge in [-0.15, -0.1) is 0 Å². The van der Waals surface area contributed by atoms with Crippen LogP contribution in [0.2, 0.25) is 0 Å². The van der Waals surface area contributed by atoms with Crippen LogP contribution in [0, 0.1) is 0 Å². The van der Waals surface area contributed by atoms with Crippen LogP contribution in [0.1, 0.15) is 50.8 Å². The molecule has 0 saturated carbocycles. The number of rotatable bonds is 7. The van der Waals surface area contributed by atoms with Crippen LogP contribution in [0.4, 0.5) is 0 Å². The molecule has 0 amide bonds. The minimum atomic E-state index is 0.203. The van der Waals surface area contributed by atoms with E-state index in [2.05, 4.69) is 17.2 Å². The van der Waals surface area contributed by atoms with Crippen LogP contribution in [0.15, 0.2) is 18.3 Å². The number of ether oxygens (including phenoxy) is 2. The van der Waals surface area contributed by atoms with Crippen LogP contribution in [0.5, 0.6) is 5.75 Å². The molecule has 20 heavy (non-hydrogen) atoms. The monoisotopic (exact) mass is 278 g/mol. The SMILES string of the molecule is CCCNC(CC1CCCCO1)c1ncccc1OC. The minimum absolute atomic E-state index is 0.203. The summed E-state index contributed by atoms with van der Waals surface area (Å²) in [7, 11) is 1.70. The Morgan fingerprint density at radius 2 is 2.40 bits per heavy atom. The van der Waals surface area contributed by atoms with Gasteiger partial charge in [-0.3, -0.25) is 4.98 Å². The molecule has 0 bridgehead atoms. The summed E-state index contributed by atoms with van der Waals surface area (Å²) in [6.45, 7) is 4.05. The number of nitrogens with zero attached hydrogens (tertiary/aromatic N) is 1. The summed E-state index contributed by atoms with van der Waals surface area (Å²) < 4.78 is 11.3. The van der Waals surface area contributed by atoms with Gasteiger partial charge in [0.15, 0.2) is 0 Å². The zero-order chi connectivity index (χ0) is 14.2. The minimum Gasteiger partial charge on any atom is -0.495 e. The molecule has 1 aromatic rings. The van der Waals surface area contributed by atoms with Gasteiger partial charge in [0.1, 0.15) is 5.75 Å². The van der Waals surface area contributed by atoms with E-state index in [1.54, 1.807) is 7.11 Å². The molecule has 2 atom stereocenters. The van der Waals surface area contributed by atoms with Crippen molar-refractivity contribution in [3.63, 3.8) is 0 Å². The molecule has 0 radical (unpaired) electrons. The van der Waals surface area contributed by atoms with E-state index in [9.17, 15) is 0 Å². The summed E-state index contributed by atoms with van der Waals surface area (Å²) in [5.41, 5.74) is 0.998. The Morgan fingerprint density at radius 1 is 1.50 bits per heavy atom. The maximum absolute atomic E-state index is 5.87.